The van der Waals surface area contributed by atoms with Crippen LogP contribution in [0.4, 0.5) is 5.13 Å². The summed E-state index contributed by atoms with van der Waals surface area (Å²) in [4.78, 5) is 12.8. The Morgan fingerprint density at radius 3 is 2.86 bits per heavy atom. The number of hydrogen-bond acceptors (Lipinski definition) is 9. The first-order chi connectivity index (χ1) is 14.0. The Bertz CT molecular complexity index is 1130. The standard InChI is InChI=1S/C19H19N5O3S2/c1-11-7-15(13(3)24(11)17-8-12(2)27-23-17)16(25)10-28-19-22-21-18(29-19)20-9-14-5-4-6-26-14/h4-8H,9-10H2,1-3H3,(H,20,21). The Labute approximate surface area is 175 Å². The highest BCUT2D eigenvalue weighted by Gasteiger charge is 2.19. The zero-order chi connectivity index (χ0) is 20.4. The summed E-state index contributed by atoms with van der Waals surface area (Å²) < 4.78 is 13.1. The van der Waals surface area contributed by atoms with Crippen molar-refractivity contribution in [1.82, 2.24) is 19.9 Å². The van der Waals surface area contributed by atoms with Crippen molar-refractivity contribution in [2.45, 2.75) is 31.7 Å². The molecule has 0 radical (unpaired) electrons. The number of nitrogens with one attached hydrogen (secondary N) is 1. The van der Waals surface area contributed by atoms with Crippen LogP contribution in [-0.2, 0) is 6.54 Å². The molecule has 0 saturated carbocycles. The van der Waals surface area contributed by atoms with Crippen LogP contribution < -0.4 is 5.32 Å². The van der Waals surface area contributed by atoms with Gasteiger partial charge in [0.25, 0.3) is 0 Å². The monoisotopic (exact) mass is 429 g/mol. The molecule has 8 nitrogen and oxygen atoms in total. The van der Waals surface area contributed by atoms with Gasteiger partial charge in [0.05, 0.1) is 18.6 Å². The second-order valence-corrected chi connectivity index (χ2v) is 8.63. The third-order valence-electron chi connectivity index (χ3n) is 4.30. The van der Waals surface area contributed by atoms with E-state index in [2.05, 4.69) is 20.7 Å². The minimum Gasteiger partial charge on any atom is -0.467 e. The van der Waals surface area contributed by atoms with Gasteiger partial charge < -0.3 is 14.3 Å². The average Bonchev–Trinajstić information content (AvgIpc) is 3.47. The van der Waals surface area contributed by atoms with E-state index >= 15 is 0 Å². The van der Waals surface area contributed by atoms with Crippen molar-refractivity contribution in [3.63, 3.8) is 0 Å². The van der Waals surface area contributed by atoms with Crippen molar-refractivity contribution in [2.75, 3.05) is 11.1 Å². The molecule has 0 aliphatic heterocycles. The lowest BCUT2D eigenvalue weighted by Crippen LogP contribution is -2.05. The van der Waals surface area contributed by atoms with E-state index in [0.717, 1.165) is 27.2 Å². The number of furan rings is 1. The Balaban J connectivity index is 1.39. The summed E-state index contributed by atoms with van der Waals surface area (Å²) in [5.41, 5.74) is 2.46. The molecule has 150 valence electrons. The van der Waals surface area contributed by atoms with Gasteiger partial charge in [-0.2, -0.15) is 0 Å². The van der Waals surface area contributed by atoms with Crippen LogP contribution in [0.5, 0.6) is 0 Å². The first kappa shape index (κ1) is 19.5. The Hall–Kier alpha value is -2.85. The van der Waals surface area contributed by atoms with Crippen LogP contribution >= 0.6 is 23.1 Å². The second-order valence-electron chi connectivity index (χ2n) is 6.43. The second kappa shape index (κ2) is 8.26. The maximum absolute atomic E-state index is 12.8. The van der Waals surface area contributed by atoms with Gasteiger partial charge in [-0.25, -0.2) is 0 Å². The van der Waals surface area contributed by atoms with E-state index in [1.165, 1.54) is 23.1 Å². The predicted octanol–water partition coefficient (Wildman–Crippen LogP) is 4.42. The van der Waals surface area contributed by atoms with Gasteiger partial charge in [-0.3, -0.25) is 9.36 Å². The molecule has 1 N–H and O–H groups in total. The molecule has 4 heterocycles. The first-order valence-corrected chi connectivity index (χ1v) is 10.7. The smallest absolute Gasteiger partial charge is 0.206 e. The third-order valence-corrected chi connectivity index (χ3v) is 6.32. The SMILES string of the molecule is Cc1cc(-n2c(C)cc(C(=O)CSc3nnc(NCc4ccco4)s3)c2C)no1. The number of hydrogen-bond donors (Lipinski definition) is 1. The van der Waals surface area contributed by atoms with E-state index in [1.54, 1.807) is 6.26 Å². The molecule has 0 aliphatic carbocycles. The predicted molar refractivity (Wildman–Crippen MR) is 111 cm³/mol. The van der Waals surface area contributed by atoms with E-state index in [0.29, 0.717) is 23.1 Å². The summed E-state index contributed by atoms with van der Waals surface area (Å²) in [5, 5.41) is 16.1. The lowest BCUT2D eigenvalue weighted by atomic mass is 10.2. The summed E-state index contributed by atoms with van der Waals surface area (Å²) in [7, 11) is 0. The highest BCUT2D eigenvalue weighted by Crippen LogP contribution is 2.28. The molecule has 10 heteroatoms. The largest absolute Gasteiger partial charge is 0.467 e. The maximum atomic E-state index is 12.8. The molecule has 0 fully saturated rings. The fourth-order valence-corrected chi connectivity index (χ4v) is 4.61. The molecule has 0 aromatic carbocycles. The van der Waals surface area contributed by atoms with Gasteiger partial charge in [0.15, 0.2) is 15.9 Å². The van der Waals surface area contributed by atoms with Gasteiger partial charge >= 0.3 is 0 Å². The molecule has 0 atom stereocenters. The zero-order valence-electron chi connectivity index (χ0n) is 16.1. The molecule has 0 saturated heterocycles. The minimum absolute atomic E-state index is 0.0369. The summed E-state index contributed by atoms with van der Waals surface area (Å²) in [6.45, 7) is 6.24. The van der Waals surface area contributed by atoms with Crippen LogP contribution in [0.2, 0.25) is 0 Å². The number of Topliss-reactive ketones (excluding diaryl/α,β-unsaturated/α-hetero) is 1. The Morgan fingerprint density at radius 2 is 2.14 bits per heavy atom. The van der Waals surface area contributed by atoms with Gasteiger partial charge in [-0.05, 0) is 39.0 Å². The molecular formula is C19H19N5O3S2. The van der Waals surface area contributed by atoms with Gasteiger partial charge in [-0.15, -0.1) is 10.2 Å². The molecule has 0 aliphatic rings. The van der Waals surface area contributed by atoms with Gasteiger partial charge in [0.1, 0.15) is 11.5 Å². The number of carbonyl (C=O) groups is 1. The van der Waals surface area contributed by atoms with Crippen LogP contribution in [0.1, 0.15) is 33.3 Å². The summed E-state index contributed by atoms with van der Waals surface area (Å²) >= 11 is 2.79. The van der Waals surface area contributed by atoms with Gasteiger partial charge in [0.2, 0.25) is 5.13 Å². The summed E-state index contributed by atoms with van der Waals surface area (Å²) in [6.07, 6.45) is 1.63. The van der Waals surface area contributed by atoms with Crippen molar-refractivity contribution in [2.24, 2.45) is 0 Å². The van der Waals surface area contributed by atoms with E-state index in [1.807, 2.05) is 49.6 Å². The zero-order valence-corrected chi connectivity index (χ0v) is 17.8. The fourth-order valence-electron chi connectivity index (χ4n) is 2.98. The number of rotatable bonds is 8. The molecule has 0 bridgehead atoms. The topological polar surface area (TPSA) is 99.0 Å². The molecule has 0 spiro atoms. The van der Waals surface area contributed by atoms with Crippen LogP contribution in [0.15, 0.2) is 43.8 Å². The number of aromatic nitrogens is 4. The average molecular weight is 430 g/mol. The minimum atomic E-state index is 0.0369. The number of thioether (sulfide) groups is 1. The molecule has 29 heavy (non-hydrogen) atoms. The molecule has 4 aromatic rings. The van der Waals surface area contributed by atoms with Crippen LogP contribution in [0.3, 0.4) is 0 Å². The lowest BCUT2D eigenvalue weighted by molar-refractivity contribution is 0.102. The van der Waals surface area contributed by atoms with Gasteiger partial charge in [0, 0.05) is 23.0 Å². The van der Waals surface area contributed by atoms with Crippen molar-refractivity contribution < 1.29 is 13.7 Å². The number of ketones is 1. The van der Waals surface area contributed by atoms with E-state index in [-0.39, 0.29) is 11.5 Å². The first-order valence-electron chi connectivity index (χ1n) is 8.89. The highest BCUT2D eigenvalue weighted by atomic mass is 32.2. The Kier molecular flexibility index (Phi) is 5.54. The van der Waals surface area contributed by atoms with Crippen molar-refractivity contribution in [3.8, 4) is 5.82 Å². The fraction of sp³-hybridized carbons (Fsp3) is 0.263. The number of aryl methyl sites for hydroxylation is 2. The van der Waals surface area contributed by atoms with Crippen LogP contribution in [0, 0.1) is 20.8 Å². The van der Waals surface area contributed by atoms with Crippen molar-refractivity contribution in [3.05, 3.63) is 59.0 Å². The quantitative estimate of drug-likeness (QED) is 0.325. The van der Waals surface area contributed by atoms with E-state index < -0.39 is 0 Å². The normalized spacial score (nSPS) is 11.1. The van der Waals surface area contributed by atoms with E-state index in [9.17, 15) is 4.79 Å². The van der Waals surface area contributed by atoms with Crippen molar-refractivity contribution >= 4 is 34.0 Å². The van der Waals surface area contributed by atoms with Crippen LogP contribution in [-0.4, -0.2) is 31.5 Å². The molecule has 4 rings (SSSR count). The third kappa shape index (κ3) is 4.28. The number of nitrogens with zero attached hydrogens (tertiary/aromatic N) is 4. The summed E-state index contributed by atoms with van der Waals surface area (Å²) in [5.74, 6) is 2.55. The van der Waals surface area contributed by atoms with E-state index in [4.69, 9.17) is 8.94 Å². The molecular weight excluding hydrogens is 410 g/mol. The summed E-state index contributed by atoms with van der Waals surface area (Å²) in [6, 6.07) is 7.46. The maximum Gasteiger partial charge on any atom is 0.206 e. The lowest BCUT2D eigenvalue weighted by Gasteiger charge is -2.04. The van der Waals surface area contributed by atoms with Crippen LogP contribution in [0.25, 0.3) is 5.82 Å². The number of anilines is 1. The molecule has 4 aromatic heterocycles. The van der Waals surface area contributed by atoms with Crippen molar-refractivity contribution in [1.29, 1.82) is 0 Å². The Morgan fingerprint density at radius 1 is 1.28 bits per heavy atom. The molecule has 0 unspecified atom stereocenters. The molecule has 0 amide bonds. The highest BCUT2D eigenvalue weighted by molar-refractivity contribution is 8.01. The number of carbonyl (C=O) groups excluding carboxylic acids is 1. The van der Waals surface area contributed by atoms with Gasteiger partial charge in [-0.1, -0.05) is 28.3 Å².